The molecule has 4 rings (SSSR count). The lowest BCUT2D eigenvalue weighted by Gasteiger charge is -2.12. The first-order valence-electron chi connectivity index (χ1n) is 9.72. The van der Waals surface area contributed by atoms with Crippen LogP contribution in [0.3, 0.4) is 0 Å². The zero-order chi connectivity index (χ0) is 24.8. The first kappa shape index (κ1) is 23.8. The molecule has 34 heavy (non-hydrogen) atoms. The Morgan fingerprint density at radius 2 is 1.88 bits per heavy atom. The lowest BCUT2D eigenvalue weighted by Crippen LogP contribution is -2.23. The molecule has 0 atom stereocenters. The van der Waals surface area contributed by atoms with Gasteiger partial charge in [-0.3, -0.25) is 0 Å². The number of hydrogen-bond acceptors (Lipinski definition) is 6. The van der Waals surface area contributed by atoms with Crippen LogP contribution in [0.15, 0.2) is 58.5 Å². The normalized spacial score (nSPS) is 12.3. The maximum Gasteiger partial charge on any atom is 0.417 e. The minimum atomic E-state index is -4.68. The van der Waals surface area contributed by atoms with Gasteiger partial charge in [-0.05, 0) is 36.4 Å². The number of fused-ring (bicyclic) bond motifs is 1. The molecule has 0 bridgehead atoms. The number of hydrogen-bond donors (Lipinski definition) is 0. The molecule has 0 amide bonds. The van der Waals surface area contributed by atoms with Crippen LogP contribution in [0.4, 0.5) is 13.2 Å². The van der Waals surface area contributed by atoms with Crippen molar-refractivity contribution in [3.63, 3.8) is 0 Å². The number of alkyl halides is 3. The lowest BCUT2D eigenvalue weighted by molar-refractivity contribution is -0.137. The van der Waals surface area contributed by atoms with E-state index in [-0.39, 0.29) is 22.1 Å². The number of benzene rings is 1. The lowest BCUT2D eigenvalue weighted by atomic mass is 10.1. The number of halogens is 4. The number of sulfone groups is 1. The van der Waals surface area contributed by atoms with Crippen LogP contribution < -0.4 is 10.4 Å². The number of nitrogens with zero attached hydrogens (tertiary/aromatic N) is 4. The molecule has 0 saturated heterocycles. The molecule has 0 aliphatic rings. The fraction of sp³-hybridized carbons (Fsp3) is 0.190. The zero-order valence-electron chi connectivity index (χ0n) is 17.7. The topological polar surface area (TPSA) is 95.6 Å². The molecule has 178 valence electrons. The quantitative estimate of drug-likeness (QED) is 0.401. The fourth-order valence-electron chi connectivity index (χ4n) is 3.31. The molecule has 1 aromatic carbocycles. The van der Waals surface area contributed by atoms with Gasteiger partial charge in [0, 0.05) is 28.5 Å². The largest absolute Gasteiger partial charge is 0.496 e. The summed E-state index contributed by atoms with van der Waals surface area (Å²) in [5, 5.41) is 4.40. The average Bonchev–Trinajstić information content (AvgIpc) is 3.13. The highest BCUT2D eigenvalue weighted by Crippen LogP contribution is 2.34. The Labute approximate surface area is 196 Å². The van der Waals surface area contributed by atoms with Gasteiger partial charge in [0.25, 0.3) is 0 Å². The minimum Gasteiger partial charge on any atom is -0.496 e. The van der Waals surface area contributed by atoms with Gasteiger partial charge in [-0.25, -0.2) is 22.6 Å². The monoisotopic (exact) mass is 512 g/mol. The number of rotatable bonds is 5. The van der Waals surface area contributed by atoms with Crippen LogP contribution >= 0.6 is 11.6 Å². The van der Waals surface area contributed by atoms with Gasteiger partial charge in [0.2, 0.25) is 0 Å². The summed E-state index contributed by atoms with van der Waals surface area (Å²) in [4.78, 5) is 16.7. The van der Waals surface area contributed by atoms with Crippen molar-refractivity contribution in [3.05, 3.63) is 69.9 Å². The minimum absolute atomic E-state index is 0.108. The van der Waals surface area contributed by atoms with Gasteiger partial charge in [0.15, 0.2) is 21.3 Å². The third kappa shape index (κ3) is 4.14. The predicted molar refractivity (Wildman–Crippen MR) is 118 cm³/mol. The molecular weight excluding hydrogens is 497 g/mol. The van der Waals surface area contributed by atoms with E-state index in [2.05, 4.69) is 10.1 Å². The van der Waals surface area contributed by atoms with Crippen LogP contribution in [0, 0.1) is 0 Å². The standard InChI is InChI=1S/C21H16ClF3N4O4S/c1-3-34(31,32)17-8-12(15-6-5-14(22)9-16(15)33-2)10-26-19(17)29-20(30)28-11-13(21(23,24)25)4-7-18(28)27-29/h4-11H,3H2,1-2H3. The maximum atomic E-state index is 13.1. The third-order valence-electron chi connectivity index (χ3n) is 5.07. The Morgan fingerprint density at radius 3 is 2.53 bits per heavy atom. The van der Waals surface area contributed by atoms with Gasteiger partial charge in [0.05, 0.1) is 18.4 Å². The van der Waals surface area contributed by atoms with Crippen LogP contribution in [-0.4, -0.2) is 40.4 Å². The van der Waals surface area contributed by atoms with Gasteiger partial charge < -0.3 is 4.74 Å². The number of methoxy groups -OCH3 is 1. The van der Waals surface area contributed by atoms with E-state index in [9.17, 15) is 26.4 Å². The van der Waals surface area contributed by atoms with Crippen molar-refractivity contribution in [2.45, 2.75) is 18.0 Å². The van der Waals surface area contributed by atoms with E-state index < -0.39 is 27.3 Å². The van der Waals surface area contributed by atoms with E-state index in [4.69, 9.17) is 16.3 Å². The van der Waals surface area contributed by atoms with Gasteiger partial charge >= 0.3 is 11.9 Å². The summed E-state index contributed by atoms with van der Waals surface area (Å²) >= 11 is 6.00. The molecule has 0 spiro atoms. The Morgan fingerprint density at radius 1 is 1.15 bits per heavy atom. The van der Waals surface area contributed by atoms with Crippen molar-refractivity contribution in [1.82, 2.24) is 19.2 Å². The summed E-state index contributed by atoms with van der Waals surface area (Å²) in [5.74, 6) is -0.282. The molecule has 4 aromatic rings. The van der Waals surface area contributed by atoms with Crippen molar-refractivity contribution < 1.29 is 26.3 Å². The van der Waals surface area contributed by atoms with E-state index in [1.54, 1.807) is 18.2 Å². The van der Waals surface area contributed by atoms with E-state index in [0.717, 1.165) is 12.1 Å². The van der Waals surface area contributed by atoms with Crippen molar-refractivity contribution in [3.8, 4) is 22.7 Å². The molecule has 8 nitrogen and oxygen atoms in total. The van der Waals surface area contributed by atoms with Gasteiger partial charge in [0.1, 0.15) is 10.6 Å². The maximum absolute atomic E-state index is 13.1. The highest BCUT2D eigenvalue weighted by Gasteiger charge is 2.32. The summed E-state index contributed by atoms with van der Waals surface area (Å²) in [6, 6.07) is 7.86. The number of ether oxygens (including phenoxy) is 1. The second-order valence-corrected chi connectivity index (χ2v) is 9.81. The molecule has 0 unspecified atom stereocenters. The van der Waals surface area contributed by atoms with Crippen molar-refractivity contribution in [1.29, 1.82) is 0 Å². The second-order valence-electron chi connectivity index (χ2n) is 7.13. The second kappa shape index (κ2) is 8.44. The Bertz CT molecular complexity index is 1580. The molecular formula is C21H16ClF3N4O4S. The Hall–Kier alpha value is -3.38. The first-order chi connectivity index (χ1) is 16.0. The highest BCUT2D eigenvalue weighted by molar-refractivity contribution is 7.91. The summed E-state index contributed by atoms with van der Waals surface area (Å²) in [5.41, 5.74) is -1.31. The van der Waals surface area contributed by atoms with Crippen molar-refractivity contribution in [2.75, 3.05) is 12.9 Å². The zero-order valence-corrected chi connectivity index (χ0v) is 19.2. The van der Waals surface area contributed by atoms with E-state index in [1.165, 1.54) is 26.3 Å². The molecule has 0 radical (unpaired) electrons. The Balaban J connectivity index is 1.97. The van der Waals surface area contributed by atoms with Crippen LogP contribution in [0.5, 0.6) is 5.75 Å². The summed E-state index contributed by atoms with van der Waals surface area (Å²) < 4.78 is 71.7. The van der Waals surface area contributed by atoms with Gasteiger partial charge in [-0.1, -0.05) is 18.5 Å². The van der Waals surface area contributed by atoms with E-state index in [1.807, 2.05) is 0 Å². The third-order valence-corrected chi connectivity index (χ3v) is 7.03. The smallest absolute Gasteiger partial charge is 0.417 e. The van der Waals surface area contributed by atoms with Crippen molar-refractivity contribution >= 4 is 27.1 Å². The molecule has 0 fully saturated rings. The van der Waals surface area contributed by atoms with E-state index >= 15 is 0 Å². The first-order valence-corrected chi connectivity index (χ1v) is 11.7. The molecule has 3 heterocycles. The molecule has 0 aliphatic carbocycles. The summed E-state index contributed by atoms with van der Waals surface area (Å²) in [6.07, 6.45) is -2.76. The van der Waals surface area contributed by atoms with Crippen LogP contribution in [0.25, 0.3) is 22.6 Å². The van der Waals surface area contributed by atoms with Crippen LogP contribution in [-0.2, 0) is 16.0 Å². The molecule has 0 N–H and O–H groups in total. The van der Waals surface area contributed by atoms with E-state index in [0.29, 0.717) is 37.2 Å². The molecule has 0 saturated carbocycles. The fourth-order valence-corrected chi connectivity index (χ4v) is 4.51. The Kier molecular flexibility index (Phi) is 5.90. The van der Waals surface area contributed by atoms with Crippen molar-refractivity contribution in [2.24, 2.45) is 0 Å². The summed E-state index contributed by atoms with van der Waals surface area (Å²) in [7, 11) is -2.52. The SMILES string of the molecule is CCS(=O)(=O)c1cc(-c2ccc(Cl)cc2OC)cnc1-n1nc2ccc(C(F)(F)F)cn2c1=O. The molecule has 0 aliphatic heterocycles. The number of aromatic nitrogens is 4. The van der Waals surface area contributed by atoms with Gasteiger partial charge in [-0.15, -0.1) is 5.10 Å². The van der Waals surface area contributed by atoms with Crippen LogP contribution in [0.1, 0.15) is 12.5 Å². The van der Waals surface area contributed by atoms with Gasteiger partial charge in [-0.2, -0.15) is 17.9 Å². The summed E-state index contributed by atoms with van der Waals surface area (Å²) in [6.45, 7) is 1.41. The molecule has 3 aromatic heterocycles. The van der Waals surface area contributed by atoms with Crippen LogP contribution in [0.2, 0.25) is 5.02 Å². The highest BCUT2D eigenvalue weighted by atomic mass is 35.5. The average molecular weight is 513 g/mol. The molecule has 13 heteroatoms. The number of pyridine rings is 2. The predicted octanol–water partition coefficient (Wildman–Crippen LogP) is 4.02.